The van der Waals surface area contributed by atoms with E-state index in [1.54, 1.807) is 42.5 Å². The molecular formula is C22H17N3O6. The number of hydrogen-bond acceptors (Lipinski definition) is 6. The summed E-state index contributed by atoms with van der Waals surface area (Å²) in [6.07, 6.45) is 0. The van der Waals surface area contributed by atoms with Crippen molar-refractivity contribution in [1.29, 1.82) is 0 Å². The largest absolute Gasteiger partial charge is 0.452 e. The van der Waals surface area contributed by atoms with Gasteiger partial charge in [-0.05, 0) is 30.3 Å². The third-order valence-corrected chi connectivity index (χ3v) is 4.14. The summed E-state index contributed by atoms with van der Waals surface area (Å²) in [5.74, 6) is -1.98. The highest BCUT2D eigenvalue weighted by Crippen LogP contribution is 2.23. The molecule has 9 heteroatoms. The van der Waals surface area contributed by atoms with Crippen molar-refractivity contribution in [3.05, 3.63) is 100 Å². The van der Waals surface area contributed by atoms with E-state index < -0.39 is 29.3 Å². The number of para-hydroxylation sites is 3. The minimum Gasteiger partial charge on any atom is -0.452 e. The number of esters is 1. The Hall–Kier alpha value is -4.53. The van der Waals surface area contributed by atoms with Crippen molar-refractivity contribution in [3.63, 3.8) is 0 Å². The Morgan fingerprint density at radius 1 is 0.806 bits per heavy atom. The fraction of sp³-hybridized carbons (Fsp3) is 0.0455. The van der Waals surface area contributed by atoms with Crippen LogP contribution in [0.5, 0.6) is 0 Å². The molecule has 0 aliphatic heterocycles. The number of rotatable bonds is 7. The monoisotopic (exact) mass is 419 g/mol. The molecule has 156 valence electrons. The Bertz CT molecular complexity index is 1130. The van der Waals surface area contributed by atoms with Gasteiger partial charge in [0.15, 0.2) is 6.61 Å². The van der Waals surface area contributed by atoms with Crippen molar-refractivity contribution in [1.82, 2.24) is 0 Å². The van der Waals surface area contributed by atoms with E-state index in [1.807, 2.05) is 0 Å². The molecule has 0 saturated heterocycles. The minimum absolute atomic E-state index is 0.0101. The van der Waals surface area contributed by atoms with Gasteiger partial charge in [0.2, 0.25) is 0 Å². The standard InChI is InChI=1S/C22H17N3O6/c26-20(23-18-12-6-7-13-19(18)25(29)30)14-31-22(28)16-10-4-5-11-17(16)24-21(27)15-8-2-1-3-9-15/h1-13H,14H2,(H,23,26)(H,24,27). The third-order valence-electron chi connectivity index (χ3n) is 4.14. The zero-order chi connectivity index (χ0) is 22.2. The van der Waals surface area contributed by atoms with E-state index >= 15 is 0 Å². The van der Waals surface area contributed by atoms with Gasteiger partial charge < -0.3 is 15.4 Å². The molecule has 0 radical (unpaired) electrons. The first-order valence-corrected chi connectivity index (χ1v) is 9.11. The van der Waals surface area contributed by atoms with Gasteiger partial charge in [0.25, 0.3) is 17.5 Å². The van der Waals surface area contributed by atoms with Crippen LogP contribution in [0.1, 0.15) is 20.7 Å². The van der Waals surface area contributed by atoms with Crippen molar-refractivity contribution in [2.75, 3.05) is 17.2 Å². The maximum atomic E-state index is 12.5. The van der Waals surface area contributed by atoms with Gasteiger partial charge in [0.1, 0.15) is 5.69 Å². The summed E-state index contributed by atoms with van der Waals surface area (Å²) in [5.41, 5.74) is 0.403. The molecule has 0 aliphatic rings. The van der Waals surface area contributed by atoms with Crippen LogP contribution in [-0.2, 0) is 9.53 Å². The van der Waals surface area contributed by atoms with Crippen LogP contribution in [0.25, 0.3) is 0 Å². The zero-order valence-electron chi connectivity index (χ0n) is 16.1. The van der Waals surface area contributed by atoms with Crippen LogP contribution in [0, 0.1) is 10.1 Å². The summed E-state index contributed by atoms with van der Waals surface area (Å²) < 4.78 is 5.02. The van der Waals surface area contributed by atoms with E-state index in [4.69, 9.17) is 4.74 Å². The Kier molecular flexibility index (Phi) is 6.69. The highest BCUT2D eigenvalue weighted by atomic mass is 16.6. The molecule has 31 heavy (non-hydrogen) atoms. The molecule has 3 aromatic rings. The number of hydrogen-bond donors (Lipinski definition) is 2. The molecule has 0 heterocycles. The number of anilines is 2. The smallest absolute Gasteiger partial charge is 0.340 e. The minimum atomic E-state index is -0.832. The number of benzene rings is 3. The summed E-state index contributed by atoms with van der Waals surface area (Å²) in [6, 6.07) is 20.3. The van der Waals surface area contributed by atoms with Gasteiger partial charge in [0, 0.05) is 11.6 Å². The summed E-state index contributed by atoms with van der Waals surface area (Å²) in [5, 5.41) is 16.0. The normalized spacial score (nSPS) is 10.1. The summed E-state index contributed by atoms with van der Waals surface area (Å²) in [6.45, 7) is -0.661. The lowest BCUT2D eigenvalue weighted by molar-refractivity contribution is -0.383. The molecule has 0 atom stereocenters. The number of ether oxygens (including phenoxy) is 1. The van der Waals surface area contributed by atoms with E-state index in [0.717, 1.165) is 0 Å². The Labute approximate surface area is 176 Å². The first-order valence-electron chi connectivity index (χ1n) is 9.11. The molecule has 3 rings (SSSR count). The van der Waals surface area contributed by atoms with Crippen molar-refractivity contribution in [2.45, 2.75) is 0 Å². The van der Waals surface area contributed by atoms with Crippen LogP contribution >= 0.6 is 0 Å². The van der Waals surface area contributed by atoms with Crippen molar-refractivity contribution < 1.29 is 24.0 Å². The predicted octanol–water partition coefficient (Wildman–Crippen LogP) is 3.64. The zero-order valence-corrected chi connectivity index (χ0v) is 16.1. The molecule has 3 aromatic carbocycles. The van der Waals surface area contributed by atoms with Gasteiger partial charge in [0.05, 0.1) is 16.2 Å². The number of nitrogens with one attached hydrogen (secondary N) is 2. The van der Waals surface area contributed by atoms with Crippen LogP contribution < -0.4 is 10.6 Å². The Balaban J connectivity index is 1.64. The number of amides is 2. The maximum absolute atomic E-state index is 12.5. The molecule has 0 aliphatic carbocycles. The molecular weight excluding hydrogens is 402 g/mol. The second kappa shape index (κ2) is 9.79. The number of nitro benzene ring substituents is 1. The van der Waals surface area contributed by atoms with Crippen molar-refractivity contribution in [2.24, 2.45) is 0 Å². The molecule has 0 saturated carbocycles. The SMILES string of the molecule is O=C(COC(=O)c1ccccc1NC(=O)c1ccccc1)Nc1ccccc1[N+](=O)[O-]. The molecule has 0 fully saturated rings. The van der Waals surface area contributed by atoms with Crippen LogP contribution in [0.2, 0.25) is 0 Å². The van der Waals surface area contributed by atoms with E-state index in [0.29, 0.717) is 5.56 Å². The number of carbonyl (C=O) groups is 3. The Morgan fingerprint density at radius 3 is 2.13 bits per heavy atom. The fourth-order valence-corrected chi connectivity index (χ4v) is 2.69. The highest BCUT2D eigenvalue weighted by molar-refractivity contribution is 6.08. The molecule has 2 amide bonds. The average molecular weight is 419 g/mol. The second-order valence-corrected chi connectivity index (χ2v) is 6.26. The van der Waals surface area contributed by atoms with Gasteiger partial charge in [-0.2, -0.15) is 0 Å². The molecule has 0 aromatic heterocycles. The van der Waals surface area contributed by atoms with Crippen LogP contribution in [0.3, 0.4) is 0 Å². The summed E-state index contributed by atoms with van der Waals surface area (Å²) >= 11 is 0. The lowest BCUT2D eigenvalue weighted by atomic mass is 10.1. The third kappa shape index (κ3) is 5.51. The first kappa shape index (κ1) is 21.2. The van der Waals surface area contributed by atoms with Crippen LogP contribution in [0.4, 0.5) is 17.1 Å². The van der Waals surface area contributed by atoms with Gasteiger partial charge in [-0.1, -0.05) is 42.5 Å². The lowest BCUT2D eigenvalue weighted by Crippen LogP contribution is -2.22. The predicted molar refractivity (Wildman–Crippen MR) is 113 cm³/mol. The molecule has 0 spiro atoms. The lowest BCUT2D eigenvalue weighted by Gasteiger charge is -2.11. The summed E-state index contributed by atoms with van der Waals surface area (Å²) in [4.78, 5) is 47.3. The van der Waals surface area contributed by atoms with Crippen molar-refractivity contribution in [3.8, 4) is 0 Å². The number of nitro groups is 1. The fourth-order valence-electron chi connectivity index (χ4n) is 2.69. The molecule has 9 nitrogen and oxygen atoms in total. The van der Waals surface area contributed by atoms with E-state index in [2.05, 4.69) is 10.6 Å². The highest BCUT2D eigenvalue weighted by Gasteiger charge is 2.18. The van der Waals surface area contributed by atoms with Crippen LogP contribution in [0.15, 0.2) is 78.9 Å². The molecule has 0 bridgehead atoms. The Morgan fingerprint density at radius 2 is 1.42 bits per heavy atom. The average Bonchev–Trinajstić information content (AvgIpc) is 2.78. The van der Waals surface area contributed by atoms with E-state index in [1.165, 1.54) is 36.4 Å². The molecule has 2 N–H and O–H groups in total. The second-order valence-electron chi connectivity index (χ2n) is 6.26. The van der Waals surface area contributed by atoms with E-state index in [-0.39, 0.29) is 22.6 Å². The topological polar surface area (TPSA) is 128 Å². The van der Waals surface area contributed by atoms with Crippen LogP contribution in [-0.4, -0.2) is 29.3 Å². The quantitative estimate of drug-likeness (QED) is 0.342. The maximum Gasteiger partial charge on any atom is 0.340 e. The number of nitrogens with zero attached hydrogens (tertiary/aromatic N) is 1. The van der Waals surface area contributed by atoms with Gasteiger partial charge in [-0.3, -0.25) is 19.7 Å². The van der Waals surface area contributed by atoms with Gasteiger partial charge in [-0.25, -0.2) is 4.79 Å². The first-order chi connectivity index (χ1) is 15.0. The van der Waals surface area contributed by atoms with Gasteiger partial charge >= 0.3 is 5.97 Å². The molecule has 0 unspecified atom stereocenters. The summed E-state index contributed by atoms with van der Waals surface area (Å²) in [7, 11) is 0. The van der Waals surface area contributed by atoms with Crippen molar-refractivity contribution >= 4 is 34.8 Å². The number of carbonyl (C=O) groups excluding carboxylic acids is 3. The van der Waals surface area contributed by atoms with Gasteiger partial charge in [-0.15, -0.1) is 0 Å². The van der Waals surface area contributed by atoms with E-state index in [9.17, 15) is 24.5 Å².